The first-order valence-electron chi connectivity index (χ1n) is 7.64. The van der Waals surface area contributed by atoms with Crippen molar-refractivity contribution in [3.63, 3.8) is 0 Å². The average Bonchev–Trinajstić information content (AvgIpc) is 3.14. The molecule has 0 aliphatic heterocycles. The Hall–Kier alpha value is -2.88. The number of nitrogens with one attached hydrogen (secondary N) is 1. The smallest absolute Gasteiger partial charge is 0.254 e. The summed E-state index contributed by atoms with van der Waals surface area (Å²) in [7, 11) is 1.84. The summed E-state index contributed by atoms with van der Waals surface area (Å²) >= 11 is 0. The summed E-state index contributed by atoms with van der Waals surface area (Å²) in [6.07, 6.45) is 4.29. The second-order valence-corrected chi connectivity index (χ2v) is 5.45. The van der Waals surface area contributed by atoms with Gasteiger partial charge in [0.2, 0.25) is 0 Å². The molecule has 1 N–H and O–H groups in total. The van der Waals surface area contributed by atoms with E-state index in [-0.39, 0.29) is 5.91 Å². The zero-order valence-corrected chi connectivity index (χ0v) is 13.1. The molecule has 0 atom stereocenters. The van der Waals surface area contributed by atoms with Crippen LogP contribution in [0.4, 0.5) is 0 Å². The number of amides is 1. The summed E-state index contributed by atoms with van der Waals surface area (Å²) in [5.74, 6) is 0.721. The van der Waals surface area contributed by atoms with E-state index >= 15 is 0 Å². The molecule has 0 fully saturated rings. The first-order valence-corrected chi connectivity index (χ1v) is 7.64. The molecular formula is C19H19N3O. The van der Waals surface area contributed by atoms with Crippen LogP contribution in [0.15, 0.2) is 67.0 Å². The van der Waals surface area contributed by atoms with E-state index in [2.05, 4.69) is 22.1 Å². The number of aromatic nitrogens is 2. The highest BCUT2D eigenvalue weighted by atomic mass is 16.2. The Balaban J connectivity index is 1.75. The molecule has 0 radical (unpaired) electrons. The fraction of sp³-hybridized carbons (Fsp3) is 0.158. The molecule has 4 heteroatoms. The number of carbonyl (C=O) groups excluding carboxylic acids is 1. The summed E-state index contributed by atoms with van der Waals surface area (Å²) in [5, 5.41) is 0. The van der Waals surface area contributed by atoms with Gasteiger partial charge < -0.3 is 9.88 Å². The summed E-state index contributed by atoms with van der Waals surface area (Å²) in [4.78, 5) is 21.8. The number of likely N-dealkylation sites (N-methyl/N-ethyl adjacent to an activating group) is 1. The minimum Gasteiger partial charge on any atom is -0.345 e. The van der Waals surface area contributed by atoms with Gasteiger partial charge in [-0.15, -0.1) is 0 Å². The number of rotatable bonds is 5. The molecule has 1 heterocycles. The predicted octanol–water partition coefficient (Wildman–Crippen LogP) is 3.39. The fourth-order valence-electron chi connectivity index (χ4n) is 2.54. The van der Waals surface area contributed by atoms with E-state index in [0.717, 1.165) is 12.0 Å². The van der Waals surface area contributed by atoms with E-state index in [4.69, 9.17) is 0 Å². The SMILES string of the molecule is CN(CCc1ccccc1)C(=O)c1ccccc1-c1ncc[nH]1. The fourth-order valence-corrected chi connectivity index (χ4v) is 2.54. The molecule has 0 saturated carbocycles. The molecule has 0 spiro atoms. The maximum atomic E-state index is 12.8. The Labute approximate surface area is 135 Å². The van der Waals surface area contributed by atoms with Gasteiger partial charge in [-0.3, -0.25) is 4.79 Å². The summed E-state index contributed by atoms with van der Waals surface area (Å²) in [6.45, 7) is 0.676. The van der Waals surface area contributed by atoms with Crippen LogP contribution in [0.5, 0.6) is 0 Å². The number of benzene rings is 2. The lowest BCUT2D eigenvalue weighted by Gasteiger charge is -2.18. The Morgan fingerprint density at radius 1 is 1.09 bits per heavy atom. The van der Waals surface area contributed by atoms with E-state index < -0.39 is 0 Å². The Morgan fingerprint density at radius 2 is 1.83 bits per heavy atom. The molecular weight excluding hydrogens is 286 g/mol. The lowest BCUT2D eigenvalue weighted by Crippen LogP contribution is -2.29. The third-order valence-electron chi connectivity index (χ3n) is 3.84. The van der Waals surface area contributed by atoms with Crippen molar-refractivity contribution in [2.45, 2.75) is 6.42 Å². The number of hydrogen-bond acceptors (Lipinski definition) is 2. The Kier molecular flexibility index (Phi) is 4.52. The van der Waals surface area contributed by atoms with Gasteiger partial charge in [-0.2, -0.15) is 0 Å². The molecule has 1 amide bonds. The molecule has 3 aromatic rings. The molecule has 0 unspecified atom stereocenters. The summed E-state index contributed by atoms with van der Waals surface area (Å²) in [6, 6.07) is 17.7. The van der Waals surface area contributed by atoms with Gasteiger partial charge in [0.15, 0.2) is 0 Å². The van der Waals surface area contributed by atoms with Crippen molar-refractivity contribution in [3.05, 3.63) is 78.1 Å². The third kappa shape index (κ3) is 3.48. The van der Waals surface area contributed by atoms with Gasteiger partial charge in [0, 0.05) is 31.5 Å². The average molecular weight is 305 g/mol. The van der Waals surface area contributed by atoms with Gasteiger partial charge in [0.05, 0.1) is 5.56 Å². The number of nitrogens with zero attached hydrogens (tertiary/aromatic N) is 2. The van der Waals surface area contributed by atoms with Crippen molar-refractivity contribution in [1.82, 2.24) is 14.9 Å². The number of aromatic amines is 1. The van der Waals surface area contributed by atoms with E-state index in [1.54, 1.807) is 17.3 Å². The van der Waals surface area contributed by atoms with Crippen molar-refractivity contribution in [2.75, 3.05) is 13.6 Å². The van der Waals surface area contributed by atoms with Crippen LogP contribution in [0.25, 0.3) is 11.4 Å². The van der Waals surface area contributed by atoms with Gasteiger partial charge in [0.1, 0.15) is 5.82 Å². The molecule has 3 rings (SSSR count). The molecule has 0 aliphatic rings. The van der Waals surface area contributed by atoms with Crippen LogP contribution in [-0.4, -0.2) is 34.4 Å². The minimum atomic E-state index is 0.00734. The minimum absolute atomic E-state index is 0.00734. The van der Waals surface area contributed by atoms with E-state index in [1.165, 1.54) is 5.56 Å². The van der Waals surface area contributed by atoms with E-state index in [0.29, 0.717) is 17.9 Å². The van der Waals surface area contributed by atoms with Crippen LogP contribution in [0.3, 0.4) is 0 Å². The van der Waals surface area contributed by atoms with Crippen molar-refractivity contribution < 1.29 is 4.79 Å². The molecule has 1 aromatic heterocycles. The molecule has 4 nitrogen and oxygen atoms in total. The molecule has 0 saturated heterocycles. The Morgan fingerprint density at radius 3 is 2.57 bits per heavy atom. The second-order valence-electron chi connectivity index (χ2n) is 5.45. The number of hydrogen-bond donors (Lipinski definition) is 1. The third-order valence-corrected chi connectivity index (χ3v) is 3.84. The van der Waals surface area contributed by atoms with Gasteiger partial charge >= 0.3 is 0 Å². The molecule has 2 aromatic carbocycles. The highest BCUT2D eigenvalue weighted by Gasteiger charge is 2.17. The quantitative estimate of drug-likeness (QED) is 0.785. The lowest BCUT2D eigenvalue weighted by atomic mass is 10.1. The molecule has 23 heavy (non-hydrogen) atoms. The monoisotopic (exact) mass is 305 g/mol. The number of imidazole rings is 1. The van der Waals surface area contributed by atoms with Crippen LogP contribution >= 0.6 is 0 Å². The van der Waals surface area contributed by atoms with Crippen molar-refractivity contribution in [1.29, 1.82) is 0 Å². The first-order chi connectivity index (χ1) is 11.3. The maximum absolute atomic E-state index is 12.8. The van der Waals surface area contributed by atoms with Crippen LogP contribution < -0.4 is 0 Å². The summed E-state index contributed by atoms with van der Waals surface area (Å²) in [5.41, 5.74) is 2.72. The Bertz CT molecular complexity index is 766. The van der Waals surface area contributed by atoms with Gasteiger partial charge in [-0.25, -0.2) is 4.98 Å². The molecule has 0 bridgehead atoms. The standard InChI is InChI=1S/C19H19N3O/c1-22(14-11-15-7-3-2-4-8-15)19(23)17-10-6-5-9-16(17)18-20-12-13-21-18/h2-10,12-13H,11,14H2,1H3,(H,20,21). The highest BCUT2D eigenvalue weighted by Crippen LogP contribution is 2.21. The zero-order valence-electron chi connectivity index (χ0n) is 13.1. The zero-order chi connectivity index (χ0) is 16.1. The van der Waals surface area contributed by atoms with E-state index in [1.807, 2.05) is 49.5 Å². The lowest BCUT2D eigenvalue weighted by molar-refractivity contribution is 0.0797. The van der Waals surface area contributed by atoms with Crippen LogP contribution in [-0.2, 0) is 6.42 Å². The van der Waals surface area contributed by atoms with Gasteiger partial charge in [-0.05, 0) is 18.1 Å². The van der Waals surface area contributed by atoms with Crippen molar-refractivity contribution in [3.8, 4) is 11.4 Å². The highest BCUT2D eigenvalue weighted by molar-refractivity contribution is 6.00. The van der Waals surface area contributed by atoms with Crippen LogP contribution in [0.2, 0.25) is 0 Å². The largest absolute Gasteiger partial charge is 0.345 e. The van der Waals surface area contributed by atoms with Crippen molar-refractivity contribution in [2.24, 2.45) is 0 Å². The van der Waals surface area contributed by atoms with Gasteiger partial charge in [-0.1, -0.05) is 48.5 Å². The second kappa shape index (κ2) is 6.92. The first kappa shape index (κ1) is 15.0. The maximum Gasteiger partial charge on any atom is 0.254 e. The van der Waals surface area contributed by atoms with E-state index in [9.17, 15) is 4.79 Å². The number of carbonyl (C=O) groups is 1. The topological polar surface area (TPSA) is 49.0 Å². The number of H-pyrrole nitrogens is 1. The summed E-state index contributed by atoms with van der Waals surface area (Å²) < 4.78 is 0. The normalized spacial score (nSPS) is 10.5. The predicted molar refractivity (Wildman–Crippen MR) is 91.1 cm³/mol. The molecule has 0 aliphatic carbocycles. The molecule has 116 valence electrons. The van der Waals surface area contributed by atoms with Crippen molar-refractivity contribution >= 4 is 5.91 Å². The van der Waals surface area contributed by atoms with Crippen LogP contribution in [0.1, 0.15) is 15.9 Å². The van der Waals surface area contributed by atoms with Crippen LogP contribution in [0, 0.1) is 0 Å². The van der Waals surface area contributed by atoms with Gasteiger partial charge in [0.25, 0.3) is 5.91 Å².